The first kappa shape index (κ1) is 14.1. The molecule has 1 atom stereocenters. The van der Waals surface area contributed by atoms with Crippen molar-refractivity contribution in [3.8, 4) is 5.95 Å². The van der Waals surface area contributed by atoms with Gasteiger partial charge in [0.1, 0.15) is 12.7 Å². The predicted octanol–water partition coefficient (Wildman–Crippen LogP) is -0.691. The lowest BCUT2D eigenvalue weighted by molar-refractivity contribution is 0.132. The Bertz CT molecular complexity index is 566. The van der Waals surface area contributed by atoms with Gasteiger partial charge in [0, 0.05) is 0 Å². The van der Waals surface area contributed by atoms with Gasteiger partial charge in [-0.15, -0.1) is 0 Å². The van der Waals surface area contributed by atoms with Gasteiger partial charge in [0.15, 0.2) is 0 Å². The molecule has 0 bridgehead atoms. The number of nitrogens with zero attached hydrogens (tertiary/aromatic N) is 6. The molecule has 108 valence electrons. The highest BCUT2D eigenvalue weighted by Gasteiger charge is 2.25. The molecule has 0 amide bonds. The molecule has 2 heterocycles. The maximum absolute atomic E-state index is 9.72. The van der Waals surface area contributed by atoms with E-state index in [0.717, 1.165) is 0 Å². The summed E-state index contributed by atoms with van der Waals surface area (Å²) < 4.78 is 1.38. The van der Waals surface area contributed by atoms with Crippen LogP contribution in [0.5, 0.6) is 0 Å². The molecule has 1 unspecified atom stereocenters. The molecule has 0 radical (unpaired) electrons. The van der Waals surface area contributed by atoms with Crippen molar-refractivity contribution in [3.63, 3.8) is 0 Å². The van der Waals surface area contributed by atoms with Gasteiger partial charge in [-0.3, -0.25) is 5.43 Å². The zero-order chi connectivity index (χ0) is 14.8. The third-order valence-electron chi connectivity index (χ3n) is 2.85. The Kier molecular flexibility index (Phi) is 3.77. The fourth-order valence-corrected chi connectivity index (χ4v) is 1.29. The molecule has 0 aromatic carbocycles. The first-order valence-electron chi connectivity index (χ1n) is 5.96. The number of nitrogens with one attached hydrogen (secondary N) is 2. The van der Waals surface area contributed by atoms with Gasteiger partial charge in [0.25, 0.3) is 5.95 Å². The van der Waals surface area contributed by atoms with E-state index >= 15 is 0 Å². The minimum Gasteiger partial charge on any atom is -0.391 e. The van der Waals surface area contributed by atoms with Crippen molar-refractivity contribution in [3.05, 3.63) is 12.7 Å². The maximum atomic E-state index is 9.72. The molecule has 0 saturated heterocycles. The van der Waals surface area contributed by atoms with E-state index in [1.54, 1.807) is 6.92 Å². The minimum absolute atomic E-state index is 0.175. The summed E-state index contributed by atoms with van der Waals surface area (Å²) in [5, 5.41) is 16.7. The van der Waals surface area contributed by atoms with Crippen LogP contribution >= 0.6 is 0 Å². The van der Waals surface area contributed by atoms with Gasteiger partial charge in [-0.1, -0.05) is 0 Å². The molecule has 2 aromatic heterocycles. The predicted molar refractivity (Wildman–Crippen MR) is 71.9 cm³/mol. The maximum Gasteiger partial charge on any atom is 0.258 e. The average molecular weight is 279 g/mol. The molecule has 2 rings (SSSR count). The van der Waals surface area contributed by atoms with Crippen LogP contribution in [-0.4, -0.2) is 46.5 Å². The van der Waals surface area contributed by atoms with Crippen LogP contribution in [0.4, 0.5) is 11.9 Å². The first-order valence-corrected chi connectivity index (χ1v) is 5.96. The number of nitrogen functional groups attached to an aromatic ring is 1. The zero-order valence-corrected chi connectivity index (χ0v) is 11.4. The van der Waals surface area contributed by atoms with Crippen LogP contribution in [-0.2, 0) is 0 Å². The van der Waals surface area contributed by atoms with Crippen molar-refractivity contribution in [2.75, 3.05) is 10.7 Å². The van der Waals surface area contributed by atoms with Gasteiger partial charge in [-0.25, -0.2) is 10.8 Å². The van der Waals surface area contributed by atoms with Crippen LogP contribution in [0.25, 0.3) is 5.95 Å². The highest BCUT2D eigenvalue weighted by Crippen LogP contribution is 2.16. The smallest absolute Gasteiger partial charge is 0.258 e. The Balaban J connectivity index is 2.36. The molecule has 2 aromatic rings. The monoisotopic (exact) mass is 279 g/mol. The van der Waals surface area contributed by atoms with E-state index < -0.39 is 11.6 Å². The highest BCUT2D eigenvalue weighted by atomic mass is 16.3. The summed E-state index contributed by atoms with van der Waals surface area (Å²) in [7, 11) is 0. The van der Waals surface area contributed by atoms with Gasteiger partial charge in [0.2, 0.25) is 11.9 Å². The Morgan fingerprint density at radius 1 is 1.30 bits per heavy atom. The van der Waals surface area contributed by atoms with Crippen LogP contribution < -0.4 is 16.6 Å². The Hall–Kier alpha value is -2.33. The van der Waals surface area contributed by atoms with Crippen molar-refractivity contribution < 1.29 is 5.11 Å². The van der Waals surface area contributed by atoms with Gasteiger partial charge in [-0.2, -0.15) is 24.7 Å². The van der Waals surface area contributed by atoms with Crippen molar-refractivity contribution in [2.24, 2.45) is 5.84 Å². The van der Waals surface area contributed by atoms with Crippen molar-refractivity contribution in [1.82, 2.24) is 29.7 Å². The largest absolute Gasteiger partial charge is 0.391 e. The summed E-state index contributed by atoms with van der Waals surface area (Å²) in [4.78, 5) is 16.2. The average Bonchev–Trinajstić information content (AvgIpc) is 2.91. The number of rotatable bonds is 5. The van der Waals surface area contributed by atoms with Gasteiger partial charge in [0.05, 0.1) is 11.6 Å². The van der Waals surface area contributed by atoms with E-state index in [1.165, 1.54) is 17.3 Å². The van der Waals surface area contributed by atoms with E-state index in [1.807, 2.05) is 13.8 Å². The summed E-state index contributed by atoms with van der Waals surface area (Å²) in [6.45, 7) is 5.33. The van der Waals surface area contributed by atoms with Gasteiger partial charge >= 0.3 is 0 Å². The lowest BCUT2D eigenvalue weighted by Crippen LogP contribution is -2.42. The minimum atomic E-state index is -0.618. The summed E-state index contributed by atoms with van der Waals surface area (Å²) >= 11 is 0. The normalized spacial score (nSPS) is 13.1. The van der Waals surface area contributed by atoms with Crippen LogP contribution in [0.3, 0.4) is 0 Å². The number of aromatic nitrogens is 6. The third-order valence-corrected chi connectivity index (χ3v) is 2.85. The standard InChI is InChI=1S/C10H17N9O/c1-6(20)10(2,3)17-7-14-8(18-11)16-9(15-7)19-5-12-4-13-19/h4-6,20H,11H2,1-3H3,(H2,14,15,16,17,18). The lowest BCUT2D eigenvalue weighted by atomic mass is 9.99. The topological polar surface area (TPSA) is 140 Å². The SMILES string of the molecule is CC(O)C(C)(C)Nc1nc(NN)nc(-n2cncn2)n1. The Morgan fingerprint density at radius 3 is 2.55 bits per heavy atom. The third kappa shape index (κ3) is 2.97. The van der Waals surface area contributed by atoms with E-state index in [-0.39, 0.29) is 17.8 Å². The first-order chi connectivity index (χ1) is 9.42. The molecule has 0 aliphatic heterocycles. The molecule has 5 N–H and O–H groups in total. The summed E-state index contributed by atoms with van der Waals surface area (Å²) in [5.74, 6) is 6.04. The Labute approximate surface area is 115 Å². The fourth-order valence-electron chi connectivity index (χ4n) is 1.29. The molecule has 0 spiro atoms. The van der Waals surface area contributed by atoms with Crippen LogP contribution in [0.2, 0.25) is 0 Å². The number of hydrogen-bond donors (Lipinski definition) is 4. The second kappa shape index (κ2) is 5.35. The van der Waals surface area contributed by atoms with E-state index in [9.17, 15) is 5.11 Å². The molecule has 0 saturated carbocycles. The van der Waals surface area contributed by atoms with E-state index in [2.05, 4.69) is 35.8 Å². The summed E-state index contributed by atoms with van der Waals surface area (Å²) in [6.07, 6.45) is 2.22. The fraction of sp³-hybridized carbons (Fsp3) is 0.500. The van der Waals surface area contributed by atoms with Gasteiger partial charge < -0.3 is 10.4 Å². The highest BCUT2D eigenvalue weighted by molar-refractivity contribution is 5.38. The van der Waals surface area contributed by atoms with E-state index in [0.29, 0.717) is 0 Å². The number of aliphatic hydroxyl groups excluding tert-OH is 1. The zero-order valence-electron chi connectivity index (χ0n) is 11.4. The van der Waals surface area contributed by atoms with Crippen molar-refractivity contribution in [1.29, 1.82) is 0 Å². The summed E-state index contributed by atoms with van der Waals surface area (Å²) in [6, 6.07) is 0. The van der Waals surface area contributed by atoms with Crippen LogP contribution in [0.1, 0.15) is 20.8 Å². The lowest BCUT2D eigenvalue weighted by Gasteiger charge is -2.29. The van der Waals surface area contributed by atoms with Crippen LogP contribution in [0, 0.1) is 0 Å². The van der Waals surface area contributed by atoms with Crippen molar-refractivity contribution in [2.45, 2.75) is 32.4 Å². The number of anilines is 2. The molecule has 20 heavy (non-hydrogen) atoms. The second-order valence-corrected chi connectivity index (χ2v) is 4.79. The molecular formula is C10H17N9O. The quantitative estimate of drug-likeness (QED) is 0.413. The number of hydrazine groups is 1. The molecular weight excluding hydrogens is 262 g/mol. The number of nitrogens with two attached hydrogens (primary N) is 1. The molecule has 0 aliphatic carbocycles. The molecule has 0 fully saturated rings. The van der Waals surface area contributed by atoms with Gasteiger partial charge in [-0.05, 0) is 20.8 Å². The van der Waals surface area contributed by atoms with Crippen LogP contribution in [0.15, 0.2) is 12.7 Å². The Morgan fingerprint density at radius 2 is 2.00 bits per heavy atom. The number of aliphatic hydroxyl groups is 1. The summed E-state index contributed by atoms with van der Waals surface area (Å²) in [5.41, 5.74) is 1.74. The van der Waals surface area contributed by atoms with Crippen molar-refractivity contribution >= 4 is 11.9 Å². The van der Waals surface area contributed by atoms with E-state index in [4.69, 9.17) is 5.84 Å². The number of hydrogen-bond acceptors (Lipinski definition) is 9. The second-order valence-electron chi connectivity index (χ2n) is 4.79. The molecule has 10 heteroatoms. The molecule has 0 aliphatic rings. The molecule has 10 nitrogen and oxygen atoms in total.